The fourth-order valence-electron chi connectivity index (χ4n) is 5.68. The Morgan fingerprint density at radius 3 is 1.52 bits per heavy atom. The van der Waals surface area contributed by atoms with Gasteiger partial charge in [0.15, 0.2) is 6.10 Å². The molecule has 5 nitrogen and oxygen atoms in total. The molecule has 0 radical (unpaired) electrons. The van der Waals surface area contributed by atoms with E-state index in [1.54, 1.807) is 0 Å². The molecule has 0 aromatic rings. The van der Waals surface area contributed by atoms with E-state index in [1.165, 1.54) is 89.9 Å². The van der Waals surface area contributed by atoms with Gasteiger partial charge < -0.3 is 14.2 Å². The predicted octanol–water partition coefficient (Wildman–Crippen LogP) is 13.7. The zero-order valence-corrected chi connectivity index (χ0v) is 33.2. The molecule has 290 valence electrons. The first-order valence-corrected chi connectivity index (χ1v) is 21.2. The highest BCUT2D eigenvalue weighted by molar-refractivity contribution is 5.70. The second-order valence-corrected chi connectivity index (χ2v) is 13.9. The standard InChI is InChI=1S/C45H80O5/c1-4-7-10-13-15-17-19-21-22-23-24-25-26-28-30-33-35-38-44(46)49-42-43(50-45(47)39-36-32-12-9-6-3)41-48-40-37-34-31-29-27-20-18-16-14-11-8-5-2/h7,10,14-17,21-22,43H,4-6,8-9,11-13,18-20,23-42H2,1-3H3/b10-7-,16-14-,17-15-,22-21-. The Kier molecular flexibility index (Phi) is 39.5. The Bertz CT molecular complexity index is 842. The van der Waals surface area contributed by atoms with Gasteiger partial charge in [-0.25, -0.2) is 0 Å². The van der Waals surface area contributed by atoms with Gasteiger partial charge in [0, 0.05) is 19.4 Å². The molecular formula is C45H80O5. The minimum Gasteiger partial charge on any atom is -0.462 e. The van der Waals surface area contributed by atoms with Crippen LogP contribution in [0.25, 0.3) is 0 Å². The van der Waals surface area contributed by atoms with E-state index in [0.29, 0.717) is 19.4 Å². The van der Waals surface area contributed by atoms with Gasteiger partial charge in [0.1, 0.15) is 6.61 Å². The fourth-order valence-corrected chi connectivity index (χ4v) is 5.68. The lowest BCUT2D eigenvalue weighted by Gasteiger charge is -2.18. The van der Waals surface area contributed by atoms with Crippen LogP contribution in [0.3, 0.4) is 0 Å². The van der Waals surface area contributed by atoms with E-state index in [-0.39, 0.29) is 25.2 Å². The molecule has 0 N–H and O–H groups in total. The number of rotatable bonds is 38. The number of hydrogen-bond donors (Lipinski definition) is 0. The van der Waals surface area contributed by atoms with Gasteiger partial charge in [0.05, 0.1) is 6.61 Å². The monoisotopic (exact) mass is 701 g/mol. The first-order valence-electron chi connectivity index (χ1n) is 21.2. The third-order valence-electron chi connectivity index (χ3n) is 8.85. The van der Waals surface area contributed by atoms with Crippen LogP contribution in [0.5, 0.6) is 0 Å². The molecule has 0 heterocycles. The minimum absolute atomic E-state index is 0.0777. The van der Waals surface area contributed by atoms with E-state index in [9.17, 15) is 9.59 Å². The average molecular weight is 701 g/mol. The summed E-state index contributed by atoms with van der Waals surface area (Å²) in [7, 11) is 0. The van der Waals surface area contributed by atoms with E-state index >= 15 is 0 Å². The molecule has 0 amide bonds. The molecule has 0 aliphatic heterocycles. The maximum atomic E-state index is 12.5. The molecule has 50 heavy (non-hydrogen) atoms. The summed E-state index contributed by atoms with van der Waals surface area (Å²) in [5.41, 5.74) is 0. The summed E-state index contributed by atoms with van der Waals surface area (Å²) in [4.78, 5) is 24.9. The van der Waals surface area contributed by atoms with Crippen molar-refractivity contribution in [3.05, 3.63) is 48.6 Å². The van der Waals surface area contributed by atoms with Gasteiger partial charge in [-0.15, -0.1) is 0 Å². The van der Waals surface area contributed by atoms with Crippen LogP contribution in [0.15, 0.2) is 48.6 Å². The van der Waals surface area contributed by atoms with Crippen molar-refractivity contribution in [3.63, 3.8) is 0 Å². The third-order valence-corrected chi connectivity index (χ3v) is 8.85. The summed E-state index contributed by atoms with van der Waals surface area (Å²) in [6, 6.07) is 0. The third kappa shape index (κ3) is 38.7. The van der Waals surface area contributed by atoms with Crippen LogP contribution in [0.1, 0.15) is 201 Å². The van der Waals surface area contributed by atoms with Crippen molar-refractivity contribution in [2.75, 3.05) is 19.8 Å². The number of allylic oxidation sites excluding steroid dienone is 8. The zero-order chi connectivity index (χ0) is 36.4. The van der Waals surface area contributed by atoms with E-state index in [0.717, 1.165) is 77.0 Å². The summed E-state index contributed by atoms with van der Waals surface area (Å²) in [5.74, 6) is -0.424. The summed E-state index contributed by atoms with van der Waals surface area (Å²) in [5, 5.41) is 0. The number of esters is 2. The average Bonchev–Trinajstić information content (AvgIpc) is 3.11. The predicted molar refractivity (Wildman–Crippen MR) is 215 cm³/mol. The van der Waals surface area contributed by atoms with Crippen LogP contribution in [-0.4, -0.2) is 37.9 Å². The molecule has 0 saturated heterocycles. The molecule has 0 aliphatic carbocycles. The molecule has 0 fully saturated rings. The largest absolute Gasteiger partial charge is 0.462 e. The molecule has 0 saturated carbocycles. The number of ether oxygens (including phenoxy) is 3. The number of carbonyl (C=O) groups excluding carboxylic acids is 2. The number of hydrogen-bond acceptors (Lipinski definition) is 5. The van der Waals surface area contributed by atoms with Crippen molar-refractivity contribution in [1.29, 1.82) is 0 Å². The molecule has 0 rings (SSSR count). The maximum Gasteiger partial charge on any atom is 0.306 e. The van der Waals surface area contributed by atoms with Gasteiger partial charge in [-0.3, -0.25) is 9.59 Å². The van der Waals surface area contributed by atoms with Crippen molar-refractivity contribution in [2.24, 2.45) is 0 Å². The first kappa shape index (κ1) is 47.9. The number of carbonyl (C=O) groups is 2. The highest BCUT2D eigenvalue weighted by Crippen LogP contribution is 2.13. The van der Waals surface area contributed by atoms with Crippen LogP contribution in [-0.2, 0) is 23.8 Å². The molecule has 1 atom stereocenters. The summed E-state index contributed by atoms with van der Waals surface area (Å²) in [6.45, 7) is 7.59. The molecule has 0 aromatic heterocycles. The Morgan fingerprint density at radius 1 is 0.460 bits per heavy atom. The highest BCUT2D eigenvalue weighted by atomic mass is 16.6. The molecule has 1 unspecified atom stereocenters. The number of unbranched alkanes of at least 4 members (excludes halogenated alkanes) is 19. The van der Waals surface area contributed by atoms with Gasteiger partial charge in [0.25, 0.3) is 0 Å². The second-order valence-electron chi connectivity index (χ2n) is 13.9. The van der Waals surface area contributed by atoms with Crippen molar-refractivity contribution in [1.82, 2.24) is 0 Å². The Hall–Kier alpha value is -2.14. The van der Waals surface area contributed by atoms with Crippen molar-refractivity contribution >= 4 is 11.9 Å². The molecule has 5 heteroatoms. The normalized spacial score (nSPS) is 12.6. The van der Waals surface area contributed by atoms with Gasteiger partial charge in [-0.2, -0.15) is 0 Å². The van der Waals surface area contributed by atoms with E-state index in [1.807, 2.05) is 0 Å². The van der Waals surface area contributed by atoms with E-state index in [2.05, 4.69) is 69.4 Å². The summed E-state index contributed by atoms with van der Waals surface area (Å²) >= 11 is 0. The van der Waals surface area contributed by atoms with Crippen LogP contribution >= 0.6 is 0 Å². The molecule has 0 aromatic carbocycles. The van der Waals surface area contributed by atoms with Crippen molar-refractivity contribution < 1.29 is 23.8 Å². The van der Waals surface area contributed by atoms with Gasteiger partial charge in [0.2, 0.25) is 0 Å². The van der Waals surface area contributed by atoms with E-state index < -0.39 is 6.10 Å². The SMILES string of the molecule is CC/C=C\C/C=C\C/C=C\CCCCCCCCCC(=O)OCC(COCCCCCCCC/C=C\CCCC)OC(=O)CCCCCCC. The zero-order valence-electron chi connectivity index (χ0n) is 33.2. The Morgan fingerprint density at radius 2 is 0.920 bits per heavy atom. The van der Waals surface area contributed by atoms with Crippen molar-refractivity contribution in [3.8, 4) is 0 Å². The maximum absolute atomic E-state index is 12.5. The van der Waals surface area contributed by atoms with Gasteiger partial charge >= 0.3 is 11.9 Å². The Labute approximate surface area is 310 Å². The lowest BCUT2D eigenvalue weighted by Crippen LogP contribution is -2.30. The van der Waals surface area contributed by atoms with Crippen LogP contribution in [0, 0.1) is 0 Å². The lowest BCUT2D eigenvalue weighted by molar-refractivity contribution is -0.163. The summed E-state index contributed by atoms with van der Waals surface area (Å²) < 4.78 is 17.1. The Balaban J connectivity index is 4.08. The van der Waals surface area contributed by atoms with Crippen molar-refractivity contribution in [2.45, 2.75) is 207 Å². The minimum atomic E-state index is -0.535. The summed E-state index contributed by atoms with van der Waals surface area (Å²) in [6.07, 6.45) is 48.4. The second kappa shape index (κ2) is 41.3. The van der Waals surface area contributed by atoms with E-state index in [4.69, 9.17) is 14.2 Å². The van der Waals surface area contributed by atoms with Gasteiger partial charge in [-0.1, -0.05) is 166 Å². The van der Waals surface area contributed by atoms with Gasteiger partial charge in [-0.05, 0) is 70.6 Å². The van der Waals surface area contributed by atoms with Crippen LogP contribution in [0.2, 0.25) is 0 Å². The molecular weight excluding hydrogens is 620 g/mol. The van der Waals surface area contributed by atoms with Crippen LogP contribution < -0.4 is 0 Å². The fraction of sp³-hybridized carbons (Fsp3) is 0.778. The quantitative estimate of drug-likeness (QED) is 0.0364. The smallest absolute Gasteiger partial charge is 0.306 e. The van der Waals surface area contributed by atoms with Crippen LogP contribution in [0.4, 0.5) is 0 Å². The topological polar surface area (TPSA) is 61.8 Å². The highest BCUT2D eigenvalue weighted by Gasteiger charge is 2.17. The molecule has 0 bridgehead atoms. The lowest BCUT2D eigenvalue weighted by atomic mass is 10.1. The first-order chi connectivity index (χ1) is 24.6. The molecule has 0 spiro atoms. The molecule has 0 aliphatic rings.